The third kappa shape index (κ3) is 3.90. The molecule has 0 heterocycles. The van der Waals surface area contributed by atoms with Crippen molar-refractivity contribution < 1.29 is 4.74 Å². The van der Waals surface area contributed by atoms with Gasteiger partial charge in [-0.2, -0.15) is 0 Å². The van der Waals surface area contributed by atoms with Crippen LogP contribution in [0.25, 0.3) is 0 Å². The molecule has 1 aromatic rings. The minimum Gasteiger partial charge on any atom is -0.496 e. The predicted molar refractivity (Wildman–Crippen MR) is 73.6 cm³/mol. The molecule has 0 radical (unpaired) electrons. The number of hydrogen-bond donors (Lipinski definition) is 1. The Balaban J connectivity index is 2.84. The zero-order chi connectivity index (χ0) is 12.8. The molecule has 1 aromatic carbocycles. The number of hydrogen-bond acceptors (Lipinski definition) is 2. The Kier molecular flexibility index (Phi) is 5.79. The van der Waals surface area contributed by atoms with Crippen molar-refractivity contribution in [3.63, 3.8) is 0 Å². The summed E-state index contributed by atoms with van der Waals surface area (Å²) < 4.78 is 5.33. The third-order valence-corrected chi connectivity index (χ3v) is 3.57. The summed E-state index contributed by atoms with van der Waals surface area (Å²) in [5, 5.41) is 0.681. The van der Waals surface area contributed by atoms with Crippen LogP contribution in [0, 0.1) is 5.92 Å². The van der Waals surface area contributed by atoms with E-state index < -0.39 is 0 Å². The van der Waals surface area contributed by atoms with Gasteiger partial charge in [-0.05, 0) is 24.5 Å². The minimum absolute atomic E-state index is 0.0205. The predicted octanol–water partition coefficient (Wildman–Crippen LogP) is 4.17. The van der Waals surface area contributed by atoms with E-state index in [-0.39, 0.29) is 6.04 Å². The molecule has 0 aliphatic heterocycles. The third-order valence-electron chi connectivity index (χ3n) is 3.34. The Morgan fingerprint density at radius 3 is 2.47 bits per heavy atom. The van der Waals surface area contributed by atoms with Gasteiger partial charge in [0, 0.05) is 16.6 Å². The first-order valence-electron chi connectivity index (χ1n) is 6.21. The van der Waals surface area contributed by atoms with Crippen LogP contribution in [0.15, 0.2) is 18.2 Å². The first-order valence-corrected chi connectivity index (χ1v) is 6.59. The summed E-state index contributed by atoms with van der Waals surface area (Å²) in [6, 6.07) is 5.68. The second kappa shape index (κ2) is 6.87. The highest BCUT2D eigenvalue weighted by atomic mass is 35.5. The molecule has 0 bridgehead atoms. The van der Waals surface area contributed by atoms with Gasteiger partial charge in [0.15, 0.2) is 0 Å². The zero-order valence-corrected chi connectivity index (χ0v) is 11.6. The van der Waals surface area contributed by atoms with Crippen LogP contribution in [0.1, 0.15) is 44.7 Å². The molecule has 0 aromatic heterocycles. The van der Waals surface area contributed by atoms with Gasteiger partial charge in [-0.1, -0.05) is 44.4 Å². The molecule has 1 atom stereocenters. The fourth-order valence-corrected chi connectivity index (χ4v) is 2.26. The van der Waals surface area contributed by atoms with Crippen LogP contribution in [0.3, 0.4) is 0 Å². The topological polar surface area (TPSA) is 35.2 Å². The number of methoxy groups -OCH3 is 1. The molecule has 0 saturated heterocycles. The molecular formula is C14H22ClNO. The smallest absolute Gasteiger partial charge is 0.125 e. The average molecular weight is 256 g/mol. The molecule has 0 saturated carbocycles. The van der Waals surface area contributed by atoms with Gasteiger partial charge in [0.2, 0.25) is 0 Å². The van der Waals surface area contributed by atoms with E-state index in [2.05, 4.69) is 13.8 Å². The van der Waals surface area contributed by atoms with Crippen molar-refractivity contribution in [2.45, 2.75) is 39.2 Å². The van der Waals surface area contributed by atoms with Crippen LogP contribution in [0.5, 0.6) is 5.75 Å². The van der Waals surface area contributed by atoms with Crippen molar-refractivity contribution in [3.05, 3.63) is 28.8 Å². The van der Waals surface area contributed by atoms with E-state index in [1.807, 2.05) is 18.2 Å². The molecule has 0 amide bonds. The van der Waals surface area contributed by atoms with Gasteiger partial charge in [-0.15, -0.1) is 0 Å². The molecule has 1 rings (SSSR count). The molecule has 2 N–H and O–H groups in total. The fraction of sp³-hybridized carbons (Fsp3) is 0.571. The van der Waals surface area contributed by atoms with E-state index in [1.54, 1.807) is 7.11 Å². The van der Waals surface area contributed by atoms with Crippen molar-refractivity contribution >= 4 is 11.6 Å². The quantitative estimate of drug-likeness (QED) is 0.828. The van der Waals surface area contributed by atoms with E-state index in [4.69, 9.17) is 22.1 Å². The van der Waals surface area contributed by atoms with E-state index in [1.165, 1.54) is 12.8 Å². The van der Waals surface area contributed by atoms with E-state index >= 15 is 0 Å². The minimum atomic E-state index is 0.0205. The summed E-state index contributed by atoms with van der Waals surface area (Å²) in [6.07, 6.45) is 3.32. The molecule has 0 fully saturated rings. The van der Waals surface area contributed by atoms with E-state index in [0.29, 0.717) is 10.9 Å². The SMILES string of the molecule is CCC(CC)CC(N)c1ccc(Cl)cc1OC. The normalized spacial score (nSPS) is 12.8. The summed E-state index contributed by atoms with van der Waals surface area (Å²) in [5.74, 6) is 1.46. The van der Waals surface area contributed by atoms with Crippen LogP contribution in [-0.4, -0.2) is 7.11 Å². The number of halogens is 1. The van der Waals surface area contributed by atoms with E-state index in [0.717, 1.165) is 17.7 Å². The molecule has 1 unspecified atom stereocenters. The second-order valence-corrected chi connectivity index (χ2v) is 4.85. The number of ether oxygens (including phenoxy) is 1. The fourth-order valence-electron chi connectivity index (χ4n) is 2.10. The maximum absolute atomic E-state index is 6.25. The van der Waals surface area contributed by atoms with Crippen LogP contribution < -0.4 is 10.5 Å². The lowest BCUT2D eigenvalue weighted by molar-refractivity contribution is 0.384. The van der Waals surface area contributed by atoms with Crippen LogP contribution >= 0.6 is 11.6 Å². The lowest BCUT2D eigenvalue weighted by Crippen LogP contribution is -2.15. The van der Waals surface area contributed by atoms with Crippen LogP contribution in [0.2, 0.25) is 5.02 Å². The monoisotopic (exact) mass is 255 g/mol. The first-order chi connectivity index (χ1) is 8.12. The Hall–Kier alpha value is -0.730. The highest BCUT2D eigenvalue weighted by Crippen LogP contribution is 2.31. The molecule has 0 spiro atoms. The van der Waals surface area contributed by atoms with Gasteiger partial charge >= 0.3 is 0 Å². The van der Waals surface area contributed by atoms with Gasteiger partial charge in [0.25, 0.3) is 0 Å². The van der Waals surface area contributed by atoms with Crippen molar-refractivity contribution in [1.82, 2.24) is 0 Å². The highest BCUT2D eigenvalue weighted by Gasteiger charge is 2.16. The second-order valence-electron chi connectivity index (χ2n) is 4.41. The average Bonchev–Trinajstić information content (AvgIpc) is 2.35. The molecule has 0 aliphatic rings. The van der Waals surface area contributed by atoms with Gasteiger partial charge in [-0.25, -0.2) is 0 Å². The van der Waals surface area contributed by atoms with Crippen molar-refractivity contribution in [1.29, 1.82) is 0 Å². The van der Waals surface area contributed by atoms with Gasteiger partial charge in [0.05, 0.1) is 7.11 Å². The largest absolute Gasteiger partial charge is 0.496 e. The summed E-state index contributed by atoms with van der Waals surface area (Å²) in [7, 11) is 1.65. The standard InChI is InChI=1S/C14H22ClNO/c1-4-10(5-2)8-13(16)12-7-6-11(15)9-14(12)17-3/h6-7,9-10,13H,4-5,8,16H2,1-3H3. The molecule has 2 nitrogen and oxygen atoms in total. The van der Waals surface area contributed by atoms with Crippen molar-refractivity contribution in [2.24, 2.45) is 11.7 Å². The van der Waals surface area contributed by atoms with Gasteiger partial charge in [0.1, 0.15) is 5.75 Å². The Labute approximate surface area is 109 Å². The molecule has 0 aliphatic carbocycles. The number of benzene rings is 1. The maximum Gasteiger partial charge on any atom is 0.125 e. The maximum atomic E-state index is 6.25. The van der Waals surface area contributed by atoms with Crippen LogP contribution in [-0.2, 0) is 0 Å². The summed E-state index contributed by atoms with van der Waals surface area (Å²) in [4.78, 5) is 0. The molecule has 3 heteroatoms. The Morgan fingerprint density at radius 2 is 1.94 bits per heavy atom. The Bertz CT molecular complexity index is 350. The van der Waals surface area contributed by atoms with Crippen molar-refractivity contribution in [3.8, 4) is 5.75 Å². The lowest BCUT2D eigenvalue weighted by atomic mass is 9.91. The summed E-state index contributed by atoms with van der Waals surface area (Å²) in [6.45, 7) is 4.42. The van der Waals surface area contributed by atoms with E-state index in [9.17, 15) is 0 Å². The van der Waals surface area contributed by atoms with Crippen LogP contribution in [0.4, 0.5) is 0 Å². The zero-order valence-electron chi connectivity index (χ0n) is 10.9. The number of rotatable bonds is 6. The summed E-state index contributed by atoms with van der Waals surface area (Å²) in [5.41, 5.74) is 7.30. The molecular weight excluding hydrogens is 234 g/mol. The highest BCUT2D eigenvalue weighted by molar-refractivity contribution is 6.30. The van der Waals surface area contributed by atoms with Gasteiger partial charge in [-0.3, -0.25) is 0 Å². The summed E-state index contributed by atoms with van der Waals surface area (Å²) >= 11 is 5.94. The molecule has 17 heavy (non-hydrogen) atoms. The first kappa shape index (κ1) is 14.3. The lowest BCUT2D eigenvalue weighted by Gasteiger charge is -2.20. The molecule has 96 valence electrons. The van der Waals surface area contributed by atoms with Crippen molar-refractivity contribution in [2.75, 3.05) is 7.11 Å². The Morgan fingerprint density at radius 1 is 1.29 bits per heavy atom. The number of nitrogens with two attached hydrogens (primary N) is 1. The van der Waals surface area contributed by atoms with Gasteiger partial charge < -0.3 is 10.5 Å².